The number of nitrogens with zero attached hydrogens (tertiary/aromatic N) is 1. The zero-order valence-corrected chi connectivity index (χ0v) is 12.5. The SMILES string of the molecule is CCc1cc(C(=O)O)cc(SCc2ccc(Cl)cc2)n1. The Balaban J connectivity index is 2.14. The number of pyridine rings is 1. The standard InChI is InChI=1S/C15H14ClNO2S/c1-2-13-7-11(15(18)19)8-14(17-13)20-9-10-3-5-12(16)6-4-10/h3-8H,2,9H2,1H3,(H,18,19). The van der Waals surface area contributed by atoms with E-state index in [1.165, 1.54) is 11.8 Å². The number of hydrogen-bond donors (Lipinski definition) is 1. The second-order valence-electron chi connectivity index (χ2n) is 4.26. The molecule has 0 saturated heterocycles. The van der Waals surface area contributed by atoms with Crippen molar-refractivity contribution in [1.82, 2.24) is 4.98 Å². The highest BCUT2D eigenvalue weighted by atomic mass is 35.5. The summed E-state index contributed by atoms with van der Waals surface area (Å²) in [5.41, 5.74) is 2.21. The Bertz CT molecular complexity index is 614. The number of carboxylic acids is 1. The summed E-state index contributed by atoms with van der Waals surface area (Å²) in [6.45, 7) is 1.96. The quantitative estimate of drug-likeness (QED) is 0.837. The Kier molecular flexibility index (Phi) is 5.04. The molecule has 0 fully saturated rings. The van der Waals surface area contributed by atoms with Crippen LogP contribution in [0.4, 0.5) is 0 Å². The number of thioether (sulfide) groups is 1. The van der Waals surface area contributed by atoms with Crippen molar-refractivity contribution in [2.24, 2.45) is 0 Å². The van der Waals surface area contributed by atoms with Crippen molar-refractivity contribution in [1.29, 1.82) is 0 Å². The van der Waals surface area contributed by atoms with Crippen LogP contribution in [-0.2, 0) is 12.2 Å². The van der Waals surface area contributed by atoms with Crippen LogP contribution in [0.3, 0.4) is 0 Å². The smallest absolute Gasteiger partial charge is 0.335 e. The number of hydrogen-bond acceptors (Lipinski definition) is 3. The fourth-order valence-electron chi connectivity index (χ4n) is 1.68. The van der Waals surface area contributed by atoms with E-state index in [1.807, 2.05) is 31.2 Å². The number of rotatable bonds is 5. The molecule has 0 saturated carbocycles. The average Bonchev–Trinajstić information content (AvgIpc) is 2.46. The van der Waals surface area contributed by atoms with Crippen LogP contribution in [-0.4, -0.2) is 16.1 Å². The number of benzene rings is 1. The summed E-state index contributed by atoms with van der Waals surface area (Å²) in [5.74, 6) is -0.188. The molecular formula is C15H14ClNO2S. The first-order valence-electron chi connectivity index (χ1n) is 6.20. The molecule has 20 heavy (non-hydrogen) atoms. The number of halogens is 1. The van der Waals surface area contributed by atoms with Gasteiger partial charge in [0.05, 0.1) is 10.6 Å². The summed E-state index contributed by atoms with van der Waals surface area (Å²) in [7, 11) is 0. The van der Waals surface area contributed by atoms with E-state index in [0.29, 0.717) is 5.02 Å². The van der Waals surface area contributed by atoms with Crippen molar-refractivity contribution in [2.45, 2.75) is 24.1 Å². The predicted molar refractivity (Wildman–Crippen MR) is 81.6 cm³/mol. The van der Waals surface area contributed by atoms with Gasteiger partial charge in [0.15, 0.2) is 0 Å². The van der Waals surface area contributed by atoms with Crippen LogP contribution in [0.5, 0.6) is 0 Å². The van der Waals surface area contributed by atoms with Crippen molar-refractivity contribution in [3.63, 3.8) is 0 Å². The van der Waals surface area contributed by atoms with Gasteiger partial charge in [-0.25, -0.2) is 9.78 Å². The Morgan fingerprint density at radius 3 is 2.60 bits per heavy atom. The minimum Gasteiger partial charge on any atom is -0.478 e. The highest BCUT2D eigenvalue weighted by Gasteiger charge is 2.08. The maximum absolute atomic E-state index is 11.1. The summed E-state index contributed by atoms with van der Waals surface area (Å²) in [5, 5.41) is 10.5. The Morgan fingerprint density at radius 1 is 1.30 bits per heavy atom. The van der Waals surface area contributed by atoms with E-state index in [-0.39, 0.29) is 5.56 Å². The van der Waals surface area contributed by atoms with Gasteiger partial charge in [0, 0.05) is 16.5 Å². The van der Waals surface area contributed by atoms with E-state index in [2.05, 4.69) is 4.98 Å². The normalized spacial score (nSPS) is 10.5. The monoisotopic (exact) mass is 307 g/mol. The van der Waals surface area contributed by atoms with Gasteiger partial charge in [-0.05, 0) is 36.2 Å². The van der Waals surface area contributed by atoms with E-state index in [0.717, 1.165) is 28.5 Å². The lowest BCUT2D eigenvalue weighted by atomic mass is 10.2. The van der Waals surface area contributed by atoms with Crippen LogP contribution in [0.25, 0.3) is 0 Å². The highest BCUT2D eigenvalue weighted by Crippen LogP contribution is 2.23. The molecule has 1 aromatic heterocycles. The zero-order valence-electron chi connectivity index (χ0n) is 11.0. The van der Waals surface area contributed by atoms with Gasteiger partial charge in [-0.2, -0.15) is 0 Å². The molecule has 0 aliphatic heterocycles. The molecule has 0 aliphatic carbocycles. The summed E-state index contributed by atoms with van der Waals surface area (Å²) in [4.78, 5) is 15.5. The molecule has 104 valence electrons. The van der Waals surface area contributed by atoms with Crippen molar-refractivity contribution in [3.8, 4) is 0 Å². The third-order valence-electron chi connectivity index (χ3n) is 2.76. The molecule has 0 aliphatic rings. The number of aromatic carboxylic acids is 1. The summed E-state index contributed by atoms with van der Waals surface area (Å²) < 4.78 is 0. The van der Waals surface area contributed by atoms with Crippen molar-refractivity contribution < 1.29 is 9.90 Å². The zero-order chi connectivity index (χ0) is 14.5. The Morgan fingerprint density at radius 2 is 2.00 bits per heavy atom. The molecular weight excluding hydrogens is 294 g/mol. The van der Waals surface area contributed by atoms with Crippen molar-refractivity contribution >= 4 is 29.3 Å². The first kappa shape index (κ1) is 14.9. The van der Waals surface area contributed by atoms with Crippen LogP contribution in [0, 0.1) is 0 Å². The molecule has 1 aromatic carbocycles. The van der Waals surface area contributed by atoms with Crippen molar-refractivity contribution in [3.05, 3.63) is 58.2 Å². The Labute approximate surface area is 127 Å². The molecule has 0 bridgehead atoms. The summed E-state index contributed by atoms with van der Waals surface area (Å²) >= 11 is 7.36. The minimum absolute atomic E-state index is 0.287. The van der Waals surface area contributed by atoms with Crippen LogP contribution in [0.2, 0.25) is 5.02 Å². The fraction of sp³-hybridized carbons (Fsp3) is 0.200. The van der Waals surface area contributed by atoms with Gasteiger partial charge in [-0.1, -0.05) is 30.7 Å². The predicted octanol–water partition coefficient (Wildman–Crippen LogP) is 4.29. The summed E-state index contributed by atoms with van der Waals surface area (Å²) in [6.07, 6.45) is 0.718. The van der Waals surface area contributed by atoms with Gasteiger partial charge in [-0.15, -0.1) is 11.8 Å². The lowest BCUT2D eigenvalue weighted by molar-refractivity contribution is 0.0696. The number of carboxylic acid groups (broad SMARTS) is 1. The first-order chi connectivity index (χ1) is 9.58. The minimum atomic E-state index is -0.921. The second-order valence-corrected chi connectivity index (χ2v) is 5.69. The molecule has 1 heterocycles. The van der Waals surface area contributed by atoms with Gasteiger partial charge in [0.25, 0.3) is 0 Å². The van der Waals surface area contributed by atoms with Gasteiger partial charge in [0.2, 0.25) is 0 Å². The molecule has 2 rings (SSSR count). The molecule has 2 aromatic rings. The lowest BCUT2D eigenvalue weighted by Gasteiger charge is -2.06. The highest BCUT2D eigenvalue weighted by molar-refractivity contribution is 7.98. The molecule has 0 spiro atoms. The largest absolute Gasteiger partial charge is 0.478 e. The molecule has 3 nitrogen and oxygen atoms in total. The topological polar surface area (TPSA) is 50.2 Å². The number of aryl methyl sites for hydroxylation is 1. The van der Waals surface area contributed by atoms with E-state index < -0.39 is 5.97 Å². The van der Waals surface area contributed by atoms with Crippen LogP contribution < -0.4 is 0 Å². The molecule has 0 unspecified atom stereocenters. The second kappa shape index (κ2) is 6.77. The van der Waals surface area contributed by atoms with E-state index >= 15 is 0 Å². The van der Waals surface area contributed by atoms with Gasteiger partial charge >= 0.3 is 5.97 Å². The van der Waals surface area contributed by atoms with Crippen LogP contribution >= 0.6 is 23.4 Å². The molecule has 0 atom stereocenters. The van der Waals surface area contributed by atoms with Crippen molar-refractivity contribution in [2.75, 3.05) is 0 Å². The first-order valence-corrected chi connectivity index (χ1v) is 7.56. The Hall–Kier alpha value is -1.52. The molecule has 5 heteroatoms. The molecule has 0 radical (unpaired) electrons. The number of aromatic nitrogens is 1. The van der Waals surface area contributed by atoms with Gasteiger partial charge in [-0.3, -0.25) is 0 Å². The average molecular weight is 308 g/mol. The lowest BCUT2D eigenvalue weighted by Crippen LogP contribution is -2.00. The number of carbonyl (C=O) groups is 1. The molecule has 1 N–H and O–H groups in total. The third-order valence-corrected chi connectivity index (χ3v) is 4.00. The maximum atomic E-state index is 11.1. The van der Waals surface area contributed by atoms with E-state index in [1.54, 1.807) is 12.1 Å². The van der Waals surface area contributed by atoms with E-state index in [4.69, 9.17) is 16.7 Å². The third kappa shape index (κ3) is 3.99. The van der Waals surface area contributed by atoms with Gasteiger partial charge < -0.3 is 5.11 Å². The fourth-order valence-corrected chi connectivity index (χ4v) is 2.70. The summed E-state index contributed by atoms with van der Waals surface area (Å²) in [6, 6.07) is 10.8. The van der Waals surface area contributed by atoms with E-state index in [9.17, 15) is 4.79 Å². The maximum Gasteiger partial charge on any atom is 0.335 e. The van der Waals surface area contributed by atoms with Crippen LogP contribution in [0.1, 0.15) is 28.5 Å². The van der Waals surface area contributed by atoms with Crippen LogP contribution in [0.15, 0.2) is 41.4 Å². The molecule has 0 amide bonds. The van der Waals surface area contributed by atoms with Gasteiger partial charge in [0.1, 0.15) is 0 Å².